The van der Waals surface area contributed by atoms with Gasteiger partial charge in [0.1, 0.15) is 5.00 Å². The first-order valence-corrected chi connectivity index (χ1v) is 11.4. The van der Waals surface area contributed by atoms with Crippen LogP contribution in [0.5, 0.6) is 0 Å². The molecule has 0 spiro atoms. The fourth-order valence-corrected chi connectivity index (χ4v) is 4.13. The number of carbonyl (C=O) groups excluding carboxylic acids is 3. The van der Waals surface area contributed by atoms with Gasteiger partial charge in [-0.15, -0.1) is 11.3 Å². The van der Waals surface area contributed by atoms with Gasteiger partial charge in [0.15, 0.2) is 0 Å². The molecule has 1 heterocycles. The summed E-state index contributed by atoms with van der Waals surface area (Å²) < 4.78 is 166. The third kappa shape index (κ3) is 5.50. The van der Waals surface area contributed by atoms with Gasteiger partial charge in [-0.2, -0.15) is 43.9 Å². The van der Waals surface area contributed by atoms with Gasteiger partial charge in [0.2, 0.25) is 0 Å². The molecule has 19 heteroatoms. The van der Waals surface area contributed by atoms with Gasteiger partial charge in [-0.3, -0.25) is 9.59 Å². The SMILES string of the molecule is CCOC(=O)c1c(NC(=O)C(F)(F)C(F)(F)C(F)(F)C(F)(F)C(F)(F)C(F)F)sc(C(=O)N(CC)CC)c1C. The Labute approximate surface area is 216 Å². The number of carbonyl (C=O) groups is 3. The van der Waals surface area contributed by atoms with Crippen LogP contribution in [0.15, 0.2) is 0 Å². The number of esters is 1. The van der Waals surface area contributed by atoms with Crippen LogP contribution in [0.2, 0.25) is 0 Å². The predicted octanol–water partition coefficient (Wildman–Crippen LogP) is 6.10. The molecule has 1 rings (SSSR count). The number of amides is 2. The maximum absolute atomic E-state index is 14.3. The molecule has 39 heavy (non-hydrogen) atoms. The maximum atomic E-state index is 14.3. The summed E-state index contributed by atoms with van der Waals surface area (Å²) in [7, 11) is 0. The highest BCUT2D eigenvalue weighted by Crippen LogP contribution is 2.58. The summed E-state index contributed by atoms with van der Waals surface area (Å²) in [6.07, 6.45) is -5.69. The zero-order valence-electron chi connectivity index (χ0n) is 20.2. The average Bonchev–Trinajstić information content (AvgIpc) is 3.14. The van der Waals surface area contributed by atoms with E-state index in [0.29, 0.717) is 0 Å². The number of hydrogen-bond donors (Lipinski definition) is 1. The lowest BCUT2D eigenvalue weighted by Crippen LogP contribution is -2.70. The molecular formula is C20H20F12N2O4S. The van der Waals surface area contributed by atoms with Crippen molar-refractivity contribution in [1.29, 1.82) is 0 Å². The average molecular weight is 612 g/mol. The largest absolute Gasteiger partial charge is 0.462 e. The van der Waals surface area contributed by atoms with E-state index in [9.17, 15) is 67.1 Å². The van der Waals surface area contributed by atoms with Crippen molar-refractivity contribution in [2.24, 2.45) is 0 Å². The summed E-state index contributed by atoms with van der Waals surface area (Å²) >= 11 is 0.0267. The third-order valence-electron chi connectivity index (χ3n) is 5.26. The first-order chi connectivity index (χ1) is 17.5. The minimum absolute atomic E-state index is 0.0267. The van der Waals surface area contributed by atoms with Crippen LogP contribution in [-0.2, 0) is 9.53 Å². The van der Waals surface area contributed by atoms with Crippen LogP contribution in [0.3, 0.4) is 0 Å². The Balaban J connectivity index is 3.65. The van der Waals surface area contributed by atoms with E-state index in [1.807, 2.05) is 0 Å². The Morgan fingerprint density at radius 2 is 1.36 bits per heavy atom. The van der Waals surface area contributed by atoms with Crippen molar-refractivity contribution in [3.63, 3.8) is 0 Å². The second-order valence-electron chi connectivity index (χ2n) is 7.63. The third-order valence-corrected chi connectivity index (χ3v) is 6.45. The first-order valence-electron chi connectivity index (χ1n) is 10.6. The molecule has 0 saturated heterocycles. The van der Waals surface area contributed by atoms with Crippen LogP contribution < -0.4 is 5.32 Å². The summed E-state index contributed by atoms with van der Waals surface area (Å²) in [6.45, 7) is 5.08. The molecule has 1 aromatic heterocycles. The molecule has 0 aliphatic carbocycles. The summed E-state index contributed by atoms with van der Waals surface area (Å²) in [5.74, 6) is -43.4. The Hall–Kier alpha value is -2.73. The smallest absolute Gasteiger partial charge is 0.393 e. The molecule has 1 aromatic rings. The normalized spacial score (nSPS) is 13.5. The van der Waals surface area contributed by atoms with Crippen molar-refractivity contribution in [2.45, 2.75) is 63.7 Å². The molecule has 6 nitrogen and oxygen atoms in total. The lowest BCUT2D eigenvalue weighted by molar-refractivity contribution is -0.406. The minimum Gasteiger partial charge on any atom is -0.462 e. The van der Waals surface area contributed by atoms with E-state index in [2.05, 4.69) is 4.74 Å². The van der Waals surface area contributed by atoms with Crippen molar-refractivity contribution >= 4 is 34.1 Å². The zero-order chi connectivity index (χ0) is 30.9. The first kappa shape index (κ1) is 34.3. The predicted molar refractivity (Wildman–Crippen MR) is 112 cm³/mol. The number of hydrogen-bond acceptors (Lipinski definition) is 5. The molecule has 0 aliphatic heterocycles. The Morgan fingerprint density at radius 3 is 1.77 bits per heavy atom. The molecule has 0 atom stereocenters. The Morgan fingerprint density at radius 1 is 0.872 bits per heavy atom. The topological polar surface area (TPSA) is 75.7 Å². The fourth-order valence-electron chi connectivity index (χ4n) is 2.97. The summed E-state index contributed by atoms with van der Waals surface area (Å²) in [5, 5.41) is -0.207. The number of nitrogens with zero attached hydrogens (tertiary/aromatic N) is 1. The van der Waals surface area contributed by atoms with E-state index < -0.39 is 69.3 Å². The summed E-state index contributed by atoms with van der Waals surface area (Å²) in [6, 6.07) is 0. The van der Waals surface area contributed by atoms with E-state index in [1.54, 1.807) is 0 Å². The molecule has 0 radical (unpaired) electrons. The second-order valence-corrected chi connectivity index (χ2v) is 8.65. The van der Waals surface area contributed by atoms with Crippen LogP contribution in [-0.4, -0.2) is 78.4 Å². The van der Waals surface area contributed by atoms with E-state index in [-0.39, 0.29) is 36.6 Å². The molecule has 0 bridgehead atoms. The highest BCUT2D eigenvalue weighted by Gasteiger charge is 2.89. The molecule has 0 aliphatic rings. The van der Waals surface area contributed by atoms with E-state index in [4.69, 9.17) is 0 Å². The van der Waals surface area contributed by atoms with Crippen LogP contribution in [0, 0.1) is 6.92 Å². The molecular weight excluding hydrogens is 592 g/mol. The van der Waals surface area contributed by atoms with Crippen molar-refractivity contribution < 1.29 is 71.8 Å². The number of anilines is 1. The van der Waals surface area contributed by atoms with Gasteiger partial charge in [0.05, 0.1) is 17.0 Å². The van der Waals surface area contributed by atoms with Crippen LogP contribution in [0.25, 0.3) is 0 Å². The van der Waals surface area contributed by atoms with Gasteiger partial charge >= 0.3 is 47.9 Å². The lowest BCUT2D eigenvalue weighted by atomic mass is 9.94. The van der Waals surface area contributed by atoms with Gasteiger partial charge in [0, 0.05) is 13.1 Å². The van der Waals surface area contributed by atoms with Gasteiger partial charge < -0.3 is 15.0 Å². The number of rotatable bonds is 12. The van der Waals surface area contributed by atoms with Gasteiger partial charge in [0.25, 0.3) is 5.91 Å². The number of alkyl halides is 12. The van der Waals surface area contributed by atoms with Gasteiger partial charge in [-0.25, -0.2) is 13.6 Å². The van der Waals surface area contributed by atoms with E-state index >= 15 is 0 Å². The van der Waals surface area contributed by atoms with Gasteiger partial charge in [-0.1, -0.05) is 0 Å². The maximum Gasteiger partial charge on any atom is 0.393 e. The van der Waals surface area contributed by atoms with Gasteiger partial charge in [-0.05, 0) is 33.3 Å². The second kappa shape index (κ2) is 11.4. The fraction of sp³-hybridized carbons (Fsp3) is 0.650. The molecule has 0 saturated carbocycles. The van der Waals surface area contributed by atoms with E-state index in [1.165, 1.54) is 20.8 Å². The molecule has 0 aromatic carbocycles. The van der Waals surface area contributed by atoms with Crippen LogP contribution >= 0.6 is 11.3 Å². The standard InChI is InChI=1S/C20H20F12N2O4S/c1-5-34(6-2)12(35)10-8(4)9(13(36)38-7-3)11(39-10)33-15(37)17(25,26)19(29,30)20(31,32)18(27,28)16(23,24)14(21)22/h14H,5-7H2,1-4H3,(H,33,37). The van der Waals surface area contributed by atoms with E-state index in [0.717, 1.165) is 17.1 Å². The zero-order valence-corrected chi connectivity index (χ0v) is 21.0. The van der Waals surface area contributed by atoms with Crippen LogP contribution in [0.4, 0.5) is 57.7 Å². The summed E-state index contributed by atoms with van der Waals surface area (Å²) in [4.78, 5) is 37.7. The quantitative estimate of drug-likeness (QED) is 0.229. The number of halogens is 12. The minimum atomic E-state index is -7.92. The van der Waals surface area contributed by atoms with Crippen molar-refractivity contribution in [3.05, 3.63) is 16.0 Å². The van der Waals surface area contributed by atoms with Crippen molar-refractivity contribution in [2.75, 3.05) is 25.0 Å². The van der Waals surface area contributed by atoms with Crippen molar-refractivity contribution in [1.82, 2.24) is 4.90 Å². The Kier molecular flexibility index (Phi) is 10.0. The van der Waals surface area contributed by atoms with Crippen LogP contribution in [0.1, 0.15) is 46.4 Å². The van der Waals surface area contributed by atoms with Crippen molar-refractivity contribution in [3.8, 4) is 0 Å². The number of nitrogens with one attached hydrogen (secondary N) is 1. The number of ether oxygens (including phenoxy) is 1. The number of thiophene rings is 1. The summed E-state index contributed by atoms with van der Waals surface area (Å²) in [5.41, 5.74) is -1.21. The monoisotopic (exact) mass is 612 g/mol. The highest BCUT2D eigenvalue weighted by atomic mass is 32.1. The molecule has 0 unspecified atom stereocenters. The molecule has 2 amide bonds. The molecule has 0 fully saturated rings. The lowest BCUT2D eigenvalue weighted by Gasteiger charge is -2.38. The Bertz CT molecular complexity index is 1090. The molecule has 1 N–H and O–H groups in total. The highest BCUT2D eigenvalue weighted by molar-refractivity contribution is 7.18. The molecule has 224 valence electrons.